The second-order valence-electron chi connectivity index (χ2n) is 10.7. The molecule has 4 rings (SSSR count). The number of anilines is 1. The number of amidine groups is 1. The second-order valence-corrected chi connectivity index (χ2v) is 12.6. The van der Waals surface area contributed by atoms with Gasteiger partial charge >= 0.3 is 0 Å². The lowest BCUT2D eigenvalue weighted by molar-refractivity contribution is -0.384. The van der Waals surface area contributed by atoms with Crippen LogP contribution in [0.4, 0.5) is 11.4 Å². The summed E-state index contributed by atoms with van der Waals surface area (Å²) in [5.74, 6) is 2.00. The Balaban J connectivity index is 0.00000141. The number of rotatable bonds is 6. The molecule has 1 aliphatic heterocycles. The third kappa shape index (κ3) is 8.56. The van der Waals surface area contributed by atoms with Gasteiger partial charge in [-0.3, -0.25) is 19.3 Å². The van der Waals surface area contributed by atoms with E-state index < -0.39 is 15.7 Å². The Morgan fingerprint density at radius 1 is 1.27 bits per heavy atom. The van der Waals surface area contributed by atoms with E-state index in [-0.39, 0.29) is 23.2 Å². The van der Waals surface area contributed by atoms with Gasteiger partial charge in [-0.15, -0.1) is 0 Å². The number of aliphatic hydroxyl groups excluding tert-OH is 1. The van der Waals surface area contributed by atoms with E-state index >= 15 is 0 Å². The maximum atomic E-state index is 12.6. The molecule has 40 heavy (non-hydrogen) atoms. The number of non-ortho nitro benzene ring substituents is 1. The fraction of sp³-hybridized carbons (Fsp3) is 0.414. The Kier molecular flexibility index (Phi) is 10.8. The first kappa shape index (κ1) is 31.2. The predicted molar refractivity (Wildman–Crippen MR) is 162 cm³/mol. The van der Waals surface area contributed by atoms with Crippen LogP contribution in [0, 0.1) is 16.0 Å². The van der Waals surface area contributed by atoms with Crippen molar-refractivity contribution in [3.63, 3.8) is 0 Å². The molecule has 9 nitrogen and oxygen atoms in total. The molecule has 4 N–H and O–H groups in total. The number of nitrogens with one attached hydrogen (secondary N) is 1. The monoisotopic (exact) mass is 588 g/mol. The van der Waals surface area contributed by atoms with Crippen LogP contribution in [0.1, 0.15) is 52.0 Å². The Hall–Kier alpha value is -3.37. The SMILES string of the molecule is C=CO.CC(C)(C)N=C(/C=C(\N)C1CCC(Oc2ccc([N+](=O)[O-])cc2)C1)Nc1ccc(Cl)c2c1CCCS2=O. The lowest BCUT2D eigenvalue weighted by Gasteiger charge is -2.23. The molecule has 216 valence electrons. The Morgan fingerprint density at radius 3 is 2.58 bits per heavy atom. The molecule has 0 amide bonds. The van der Waals surface area contributed by atoms with E-state index in [9.17, 15) is 14.3 Å². The van der Waals surface area contributed by atoms with Gasteiger partial charge in [-0.25, -0.2) is 0 Å². The molecule has 1 fully saturated rings. The van der Waals surface area contributed by atoms with E-state index in [2.05, 4.69) is 11.9 Å². The molecule has 3 atom stereocenters. The predicted octanol–water partition coefficient (Wildman–Crippen LogP) is 6.69. The first-order valence-corrected chi connectivity index (χ1v) is 14.8. The summed E-state index contributed by atoms with van der Waals surface area (Å²) in [6.45, 7) is 8.98. The molecule has 0 radical (unpaired) electrons. The lowest BCUT2D eigenvalue weighted by atomic mass is 10.0. The van der Waals surface area contributed by atoms with E-state index in [1.54, 1.807) is 18.2 Å². The van der Waals surface area contributed by atoms with Gasteiger partial charge in [0.2, 0.25) is 0 Å². The van der Waals surface area contributed by atoms with Crippen LogP contribution < -0.4 is 15.8 Å². The van der Waals surface area contributed by atoms with Crippen molar-refractivity contribution in [2.24, 2.45) is 16.6 Å². The first-order chi connectivity index (χ1) is 18.9. The van der Waals surface area contributed by atoms with Crippen LogP contribution in [0.25, 0.3) is 0 Å². The number of nitro benzene ring substituents is 1. The molecule has 1 heterocycles. The van der Waals surface area contributed by atoms with Crippen molar-refractivity contribution >= 4 is 39.6 Å². The van der Waals surface area contributed by atoms with Gasteiger partial charge in [-0.2, -0.15) is 0 Å². The van der Waals surface area contributed by atoms with E-state index in [4.69, 9.17) is 32.2 Å². The fourth-order valence-corrected chi connectivity index (χ4v) is 6.57. The molecule has 3 unspecified atom stereocenters. The zero-order chi connectivity index (χ0) is 29.4. The van der Waals surface area contributed by atoms with Crippen LogP contribution in [0.5, 0.6) is 5.75 Å². The topological polar surface area (TPSA) is 140 Å². The van der Waals surface area contributed by atoms with Crippen molar-refractivity contribution in [1.29, 1.82) is 0 Å². The largest absolute Gasteiger partial charge is 0.516 e. The molecule has 0 spiro atoms. The van der Waals surface area contributed by atoms with Gasteiger partial charge in [0, 0.05) is 35.2 Å². The number of fused-ring (bicyclic) bond motifs is 1. The van der Waals surface area contributed by atoms with Crippen molar-refractivity contribution in [3.05, 3.63) is 81.7 Å². The van der Waals surface area contributed by atoms with Gasteiger partial charge in [-0.05, 0) is 88.8 Å². The summed E-state index contributed by atoms with van der Waals surface area (Å²) >= 11 is 6.39. The first-order valence-electron chi connectivity index (χ1n) is 13.1. The van der Waals surface area contributed by atoms with Crippen molar-refractivity contribution in [3.8, 4) is 5.75 Å². The zero-order valence-electron chi connectivity index (χ0n) is 23.1. The molecule has 0 aromatic heterocycles. The van der Waals surface area contributed by atoms with E-state index in [0.717, 1.165) is 55.3 Å². The standard InChI is InChI=1S/C27H33ClN4O4S.C2H4O/c1-27(2,3)31-25(30-24-13-12-22(28)26-21(24)5-4-14-37(26)35)16-23(29)17-6-9-20(15-17)36-19-10-7-18(8-11-19)32(33)34;1-2-3/h7-8,10-13,16-17,20H,4-6,9,14-15,29H2,1-3H3,(H,30,31);2-3H,1H2/b23-16-;. The van der Waals surface area contributed by atoms with Crippen molar-refractivity contribution in [2.75, 3.05) is 11.1 Å². The number of hydrogen-bond donors (Lipinski definition) is 3. The highest BCUT2D eigenvalue weighted by molar-refractivity contribution is 7.85. The van der Waals surface area contributed by atoms with Gasteiger partial charge in [0.15, 0.2) is 0 Å². The van der Waals surface area contributed by atoms with E-state index in [1.165, 1.54) is 12.1 Å². The molecule has 0 saturated heterocycles. The van der Waals surface area contributed by atoms with Crippen LogP contribution in [-0.4, -0.2) is 37.5 Å². The summed E-state index contributed by atoms with van der Waals surface area (Å²) in [5.41, 5.74) is 8.83. The normalized spacial score (nSPS) is 21.1. The number of nitro groups is 1. The maximum absolute atomic E-state index is 12.6. The molecule has 2 aromatic rings. The summed E-state index contributed by atoms with van der Waals surface area (Å²) < 4.78 is 18.7. The number of aliphatic hydroxyl groups is 1. The van der Waals surface area contributed by atoms with Gasteiger partial charge in [-0.1, -0.05) is 18.2 Å². The molecule has 2 aromatic carbocycles. The van der Waals surface area contributed by atoms with Gasteiger partial charge < -0.3 is 20.9 Å². The number of allylic oxidation sites excluding steroid dienone is 1. The Bertz CT molecular complexity index is 1300. The van der Waals surface area contributed by atoms with Crippen LogP contribution in [0.3, 0.4) is 0 Å². The van der Waals surface area contributed by atoms with Gasteiger partial charge in [0.1, 0.15) is 11.6 Å². The summed E-state index contributed by atoms with van der Waals surface area (Å²) in [7, 11) is -1.11. The summed E-state index contributed by atoms with van der Waals surface area (Å²) in [6, 6.07) is 9.84. The number of ether oxygens (including phenoxy) is 1. The van der Waals surface area contributed by atoms with Crippen molar-refractivity contribution in [2.45, 2.75) is 69.4 Å². The average Bonchev–Trinajstić information content (AvgIpc) is 3.34. The minimum absolute atomic E-state index is 0.0207. The average molecular weight is 589 g/mol. The smallest absolute Gasteiger partial charge is 0.269 e. The highest BCUT2D eigenvalue weighted by Gasteiger charge is 2.29. The number of hydrogen-bond acceptors (Lipinski definition) is 7. The maximum Gasteiger partial charge on any atom is 0.269 e. The van der Waals surface area contributed by atoms with Crippen LogP contribution in [0.15, 0.2) is 70.9 Å². The quantitative estimate of drug-likeness (QED) is 0.112. The van der Waals surface area contributed by atoms with Crippen LogP contribution in [-0.2, 0) is 17.2 Å². The highest BCUT2D eigenvalue weighted by Crippen LogP contribution is 2.36. The number of halogens is 1. The molecule has 11 heteroatoms. The van der Waals surface area contributed by atoms with Gasteiger partial charge in [0.25, 0.3) is 5.69 Å². The minimum Gasteiger partial charge on any atom is -0.516 e. The number of aliphatic imine (C=N–C) groups is 1. The highest BCUT2D eigenvalue weighted by atomic mass is 35.5. The van der Waals surface area contributed by atoms with E-state index in [0.29, 0.717) is 27.3 Å². The fourth-order valence-electron chi connectivity index (χ4n) is 4.75. The molecule has 0 bridgehead atoms. The number of nitrogens with zero attached hydrogens (tertiary/aromatic N) is 2. The Labute approximate surface area is 242 Å². The molecular formula is C29H37ClN4O5S. The number of benzene rings is 2. The van der Waals surface area contributed by atoms with Crippen LogP contribution in [0.2, 0.25) is 5.02 Å². The van der Waals surface area contributed by atoms with E-state index in [1.807, 2.05) is 32.9 Å². The summed E-state index contributed by atoms with van der Waals surface area (Å²) in [6.07, 6.45) is 6.73. The minimum atomic E-state index is -1.11. The van der Waals surface area contributed by atoms with Crippen molar-refractivity contribution < 1.29 is 19.0 Å². The third-order valence-corrected chi connectivity index (χ3v) is 8.43. The molecular weight excluding hydrogens is 552 g/mol. The Morgan fingerprint density at radius 2 is 1.95 bits per heavy atom. The van der Waals surface area contributed by atoms with Crippen molar-refractivity contribution in [1.82, 2.24) is 0 Å². The zero-order valence-corrected chi connectivity index (χ0v) is 24.6. The second kappa shape index (κ2) is 13.8. The summed E-state index contributed by atoms with van der Waals surface area (Å²) in [4.78, 5) is 16.0. The van der Waals surface area contributed by atoms with Gasteiger partial charge in [0.05, 0.1) is 43.5 Å². The van der Waals surface area contributed by atoms with Crippen LogP contribution >= 0.6 is 11.6 Å². The molecule has 1 aliphatic carbocycles. The molecule has 1 saturated carbocycles. The lowest BCUT2D eigenvalue weighted by Crippen LogP contribution is -2.23. The summed E-state index contributed by atoms with van der Waals surface area (Å²) in [5, 5.41) is 22.2. The number of nitrogens with two attached hydrogens (primary N) is 1. The third-order valence-electron chi connectivity index (χ3n) is 6.42. The molecule has 2 aliphatic rings.